The average Bonchev–Trinajstić information content (AvgIpc) is 3.07. The molecule has 0 amide bonds. The van der Waals surface area contributed by atoms with Crippen molar-refractivity contribution >= 4 is 10.1 Å². The highest BCUT2D eigenvalue weighted by molar-refractivity contribution is 7.85. The quantitative estimate of drug-likeness (QED) is 0.562. The van der Waals surface area contributed by atoms with Crippen LogP contribution in [-0.2, 0) is 30.1 Å². The maximum absolute atomic E-state index is 10.7. The van der Waals surface area contributed by atoms with Gasteiger partial charge in [-0.1, -0.05) is 60.7 Å². The van der Waals surface area contributed by atoms with Crippen LogP contribution in [0.5, 0.6) is 0 Å². The summed E-state index contributed by atoms with van der Waals surface area (Å²) in [5.41, 5.74) is 1.81. The van der Waals surface area contributed by atoms with Crippen LogP contribution in [0.15, 0.2) is 60.7 Å². The van der Waals surface area contributed by atoms with Crippen LogP contribution in [0.1, 0.15) is 17.5 Å². The topological polar surface area (TPSA) is 82.1 Å². The van der Waals surface area contributed by atoms with Crippen LogP contribution in [0.4, 0.5) is 0 Å². The zero-order valence-corrected chi connectivity index (χ0v) is 15.1. The van der Waals surface area contributed by atoms with Gasteiger partial charge in [0.05, 0.1) is 19.0 Å². The highest BCUT2D eigenvalue weighted by atomic mass is 32.2. The van der Waals surface area contributed by atoms with E-state index in [1.807, 2.05) is 60.7 Å². The van der Waals surface area contributed by atoms with Crippen LogP contribution in [-0.4, -0.2) is 44.6 Å². The largest absolute Gasteiger partial charge is 0.379 e. The van der Waals surface area contributed by atoms with Gasteiger partial charge in [-0.25, -0.2) is 0 Å². The molecule has 140 valence electrons. The molecule has 1 atom stereocenters. The molecule has 2 aromatic carbocycles. The predicted octanol–water partition coefficient (Wildman–Crippen LogP) is 2.60. The van der Waals surface area contributed by atoms with Crippen molar-refractivity contribution in [1.29, 1.82) is 0 Å². The molecule has 0 aliphatic carbocycles. The van der Waals surface area contributed by atoms with Gasteiger partial charge in [0.15, 0.2) is 0 Å². The van der Waals surface area contributed by atoms with Crippen molar-refractivity contribution in [2.75, 3.05) is 25.6 Å². The standard InChI is InChI=1S/C19H22O6S/c20-26(21,22)13-7-12-23-14-18-15-24-19(25-18,16-8-3-1-4-9-16)17-10-5-2-6-11-17/h1-6,8-11,18H,7,12-15H2,(H,20,21,22). The highest BCUT2D eigenvalue weighted by Gasteiger charge is 2.44. The molecule has 26 heavy (non-hydrogen) atoms. The number of rotatable bonds is 8. The lowest BCUT2D eigenvalue weighted by molar-refractivity contribution is -0.149. The van der Waals surface area contributed by atoms with Crippen molar-refractivity contribution in [3.8, 4) is 0 Å². The first kappa shape index (κ1) is 19.0. The van der Waals surface area contributed by atoms with Gasteiger partial charge in [-0.15, -0.1) is 0 Å². The Morgan fingerprint density at radius 1 is 1.04 bits per heavy atom. The van der Waals surface area contributed by atoms with Crippen LogP contribution >= 0.6 is 0 Å². The third-order valence-corrected chi connectivity index (χ3v) is 4.91. The van der Waals surface area contributed by atoms with Crippen LogP contribution in [0.2, 0.25) is 0 Å². The van der Waals surface area contributed by atoms with Crippen LogP contribution < -0.4 is 0 Å². The number of hydrogen-bond donors (Lipinski definition) is 1. The lowest BCUT2D eigenvalue weighted by Crippen LogP contribution is -2.30. The van der Waals surface area contributed by atoms with Crippen LogP contribution in [0.3, 0.4) is 0 Å². The maximum Gasteiger partial charge on any atom is 0.264 e. The SMILES string of the molecule is O=S(=O)(O)CCCOCC1COC(c2ccccc2)(c2ccccc2)O1. The number of benzene rings is 2. The first-order chi connectivity index (χ1) is 12.5. The van der Waals surface area contributed by atoms with E-state index in [1.165, 1.54) is 0 Å². The molecular weight excluding hydrogens is 356 g/mol. The smallest absolute Gasteiger partial charge is 0.264 e. The molecular formula is C19H22O6S. The molecule has 1 unspecified atom stereocenters. The lowest BCUT2D eigenvalue weighted by Gasteiger charge is -2.29. The van der Waals surface area contributed by atoms with Crippen molar-refractivity contribution in [1.82, 2.24) is 0 Å². The lowest BCUT2D eigenvalue weighted by atomic mass is 9.97. The Morgan fingerprint density at radius 3 is 2.15 bits per heavy atom. The normalized spacial score (nSPS) is 19.5. The molecule has 1 heterocycles. The fraction of sp³-hybridized carbons (Fsp3) is 0.368. The molecule has 0 aromatic heterocycles. The maximum atomic E-state index is 10.7. The molecule has 0 spiro atoms. The molecule has 3 rings (SSSR count). The van der Waals surface area contributed by atoms with E-state index in [9.17, 15) is 8.42 Å². The van der Waals surface area contributed by atoms with Gasteiger partial charge in [-0.3, -0.25) is 4.55 Å². The first-order valence-corrected chi connectivity index (χ1v) is 10.1. The van der Waals surface area contributed by atoms with Gasteiger partial charge in [0.25, 0.3) is 10.1 Å². The van der Waals surface area contributed by atoms with Gasteiger partial charge in [0.1, 0.15) is 6.10 Å². The van der Waals surface area contributed by atoms with E-state index in [4.69, 9.17) is 18.8 Å². The fourth-order valence-corrected chi connectivity index (χ4v) is 3.42. The Morgan fingerprint density at radius 2 is 1.62 bits per heavy atom. The summed E-state index contributed by atoms with van der Waals surface area (Å²) < 4.78 is 48.0. The van der Waals surface area contributed by atoms with Gasteiger partial charge < -0.3 is 14.2 Å². The van der Waals surface area contributed by atoms with Crippen molar-refractivity contribution in [2.45, 2.75) is 18.3 Å². The van der Waals surface area contributed by atoms with Gasteiger partial charge >= 0.3 is 0 Å². The number of ether oxygens (including phenoxy) is 3. The molecule has 2 aromatic rings. The van der Waals surface area contributed by atoms with Crippen molar-refractivity contribution in [3.05, 3.63) is 71.8 Å². The fourth-order valence-electron chi connectivity index (χ4n) is 2.94. The summed E-state index contributed by atoms with van der Waals surface area (Å²) in [7, 11) is -3.95. The molecule has 1 aliphatic rings. The minimum Gasteiger partial charge on any atom is -0.379 e. The zero-order valence-electron chi connectivity index (χ0n) is 14.3. The Labute approximate surface area is 153 Å². The molecule has 6 nitrogen and oxygen atoms in total. The second-order valence-corrected chi connectivity index (χ2v) is 7.69. The second kappa shape index (κ2) is 8.28. The van der Waals surface area contributed by atoms with E-state index in [1.54, 1.807) is 0 Å². The van der Waals surface area contributed by atoms with E-state index < -0.39 is 15.9 Å². The first-order valence-electron chi connectivity index (χ1n) is 8.45. The second-order valence-electron chi connectivity index (χ2n) is 6.11. The molecule has 1 N–H and O–H groups in total. The molecule has 1 saturated heterocycles. The van der Waals surface area contributed by atoms with E-state index in [0.29, 0.717) is 6.61 Å². The summed E-state index contributed by atoms with van der Waals surface area (Å²) in [5, 5.41) is 0. The van der Waals surface area contributed by atoms with E-state index in [-0.39, 0.29) is 31.5 Å². The summed E-state index contributed by atoms with van der Waals surface area (Å²) in [6, 6.07) is 19.5. The third kappa shape index (κ3) is 4.69. The molecule has 0 bridgehead atoms. The minimum atomic E-state index is -3.95. The van der Waals surface area contributed by atoms with Crippen molar-refractivity contribution in [2.24, 2.45) is 0 Å². The Bertz CT molecular complexity index is 752. The van der Waals surface area contributed by atoms with Gasteiger partial charge in [0.2, 0.25) is 5.79 Å². The average molecular weight is 378 g/mol. The van der Waals surface area contributed by atoms with Gasteiger partial charge in [-0.2, -0.15) is 8.42 Å². The predicted molar refractivity (Wildman–Crippen MR) is 96.3 cm³/mol. The summed E-state index contributed by atoms with van der Waals surface area (Å²) in [6.07, 6.45) is -0.0456. The Kier molecular flexibility index (Phi) is 6.05. The highest BCUT2D eigenvalue weighted by Crippen LogP contribution is 2.40. The molecule has 1 fully saturated rings. The minimum absolute atomic E-state index is 0.226. The van der Waals surface area contributed by atoms with Crippen molar-refractivity contribution in [3.63, 3.8) is 0 Å². The summed E-state index contributed by atoms with van der Waals surface area (Å²) in [6.45, 7) is 0.873. The van der Waals surface area contributed by atoms with E-state index in [0.717, 1.165) is 11.1 Å². The summed E-state index contributed by atoms with van der Waals surface area (Å²) in [4.78, 5) is 0. The number of hydrogen-bond acceptors (Lipinski definition) is 5. The molecule has 7 heteroatoms. The van der Waals surface area contributed by atoms with E-state index >= 15 is 0 Å². The Hall–Kier alpha value is -1.77. The van der Waals surface area contributed by atoms with Gasteiger partial charge in [-0.05, 0) is 6.42 Å². The van der Waals surface area contributed by atoms with Crippen molar-refractivity contribution < 1.29 is 27.2 Å². The summed E-state index contributed by atoms with van der Waals surface area (Å²) in [5.74, 6) is -1.29. The third-order valence-electron chi connectivity index (χ3n) is 4.11. The van der Waals surface area contributed by atoms with Crippen LogP contribution in [0, 0.1) is 0 Å². The molecule has 0 radical (unpaired) electrons. The summed E-state index contributed by atoms with van der Waals surface area (Å²) >= 11 is 0. The molecule has 0 saturated carbocycles. The van der Waals surface area contributed by atoms with E-state index in [2.05, 4.69) is 0 Å². The Balaban J connectivity index is 1.65. The molecule has 1 aliphatic heterocycles. The monoisotopic (exact) mass is 378 g/mol. The van der Waals surface area contributed by atoms with Crippen LogP contribution in [0.25, 0.3) is 0 Å². The van der Waals surface area contributed by atoms with Gasteiger partial charge in [0, 0.05) is 17.7 Å². The zero-order chi connectivity index (χ0) is 18.5.